The van der Waals surface area contributed by atoms with Crippen LogP contribution in [-0.4, -0.2) is 36.0 Å². The standard InChI is InChI=1S/C15H26N2OS/c18-15(16-10-11-3-5-19-6-4-11)9-12-7-13-1-2-14(8-12)17-13/h11-14,17H,1-10H2,(H,16,18). The monoisotopic (exact) mass is 282 g/mol. The zero-order chi connectivity index (χ0) is 13.1. The van der Waals surface area contributed by atoms with Crippen molar-refractivity contribution < 1.29 is 4.79 Å². The first-order valence-corrected chi connectivity index (χ1v) is 9.05. The van der Waals surface area contributed by atoms with Crippen LogP contribution in [0.1, 0.15) is 44.9 Å². The van der Waals surface area contributed by atoms with Gasteiger partial charge in [0.2, 0.25) is 5.91 Å². The van der Waals surface area contributed by atoms with Crippen molar-refractivity contribution in [3.63, 3.8) is 0 Å². The number of carbonyl (C=O) groups excluding carboxylic acids is 1. The number of hydrogen-bond acceptors (Lipinski definition) is 3. The number of rotatable bonds is 4. The van der Waals surface area contributed by atoms with Crippen molar-refractivity contribution in [3.05, 3.63) is 0 Å². The van der Waals surface area contributed by atoms with Crippen molar-refractivity contribution in [1.82, 2.24) is 10.6 Å². The largest absolute Gasteiger partial charge is 0.356 e. The van der Waals surface area contributed by atoms with Gasteiger partial charge in [0.1, 0.15) is 0 Å². The van der Waals surface area contributed by atoms with Gasteiger partial charge in [-0.2, -0.15) is 11.8 Å². The van der Waals surface area contributed by atoms with Crippen molar-refractivity contribution >= 4 is 17.7 Å². The third kappa shape index (κ3) is 3.88. The van der Waals surface area contributed by atoms with Gasteiger partial charge in [-0.3, -0.25) is 4.79 Å². The normalized spacial score (nSPS) is 35.3. The summed E-state index contributed by atoms with van der Waals surface area (Å²) in [7, 11) is 0. The highest BCUT2D eigenvalue weighted by Gasteiger charge is 2.34. The Labute approximate surface area is 120 Å². The molecule has 0 radical (unpaired) electrons. The molecule has 1 amide bonds. The van der Waals surface area contributed by atoms with Crippen LogP contribution in [0.3, 0.4) is 0 Å². The minimum absolute atomic E-state index is 0.296. The van der Waals surface area contributed by atoms with E-state index in [0.29, 0.717) is 23.9 Å². The van der Waals surface area contributed by atoms with Crippen LogP contribution in [-0.2, 0) is 4.79 Å². The van der Waals surface area contributed by atoms with Gasteiger partial charge in [0.15, 0.2) is 0 Å². The highest BCUT2D eigenvalue weighted by atomic mass is 32.2. The van der Waals surface area contributed by atoms with Crippen LogP contribution in [0.25, 0.3) is 0 Å². The summed E-state index contributed by atoms with van der Waals surface area (Å²) in [5.41, 5.74) is 0. The van der Waals surface area contributed by atoms with Crippen LogP contribution < -0.4 is 10.6 Å². The molecule has 0 saturated carbocycles. The van der Waals surface area contributed by atoms with E-state index in [1.807, 2.05) is 11.8 Å². The van der Waals surface area contributed by atoms with E-state index in [4.69, 9.17) is 0 Å². The fraction of sp³-hybridized carbons (Fsp3) is 0.933. The van der Waals surface area contributed by atoms with E-state index in [0.717, 1.165) is 18.9 Å². The summed E-state index contributed by atoms with van der Waals surface area (Å²) in [6.45, 7) is 0.914. The third-order valence-electron chi connectivity index (χ3n) is 4.97. The van der Waals surface area contributed by atoms with Crippen molar-refractivity contribution in [1.29, 1.82) is 0 Å². The second-order valence-electron chi connectivity index (χ2n) is 6.54. The van der Waals surface area contributed by atoms with E-state index < -0.39 is 0 Å². The summed E-state index contributed by atoms with van der Waals surface area (Å²) in [6.07, 6.45) is 8.39. The summed E-state index contributed by atoms with van der Waals surface area (Å²) in [6, 6.07) is 1.40. The van der Waals surface area contributed by atoms with Crippen molar-refractivity contribution in [3.8, 4) is 0 Å². The van der Waals surface area contributed by atoms with Gasteiger partial charge in [0, 0.05) is 25.0 Å². The van der Waals surface area contributed by atoms with Crippen LogP contribution in [0.4, 0.5) is 0 Å². The number of amides is 1. The molecule has 3 aliphatic rings. The summed E-state index contributed by atoms with van der Waals surface area (Å²) in [5, 5.41) is 6.82. The van der Waals surface area contributed by atoms with E-state index in [2.05, 4.69) is 10.6 Å². The maximum atomic E-state index is 12.1. The fourth-order valence-electron chi connectivity index (χ4n) is 3.88. The lowest BCUT2D eigenvalue weighted by atomic mass is 9.89. The van der Waals surface area contributed by atoms with Gasteiger partial charge in [-0.15, -0.1) is 0 Å². The highest BCUT2D eigenvalue weighted by molar-refractivity contribution is 7.99. The molecule has 4 heteroatoms. The van der Waals surface area contributed by atoms with Crippen LogP contribution in [0.15, 0.2) is 0 Å². The zero-order valence-corrected chi connectivity index (χ0v) is 12.5. The summed E-state index contributed by atoms with van der Waals surface area (Å²) in [4.78, 5) is 12.1. The minimum Gasteiger partial charge on any atom is -0.356 e. The first-order chi connectivity index (χ1) is 9.29. The molecule has 2 unspecified atom stereocenters. The number of carbonyl (C=O) groups is 1. The zero-order valence-electron chi connectivity index (χ0n) is 11.7. The van der Waals surface area contributed by atoms with Crippen molar-refractivity contribution in [2.75, 3.05) is 18.1 Å². The Bertz CT molecular complexity index is 305. The summed E-state index contributed by atoms with van der Waals surface area (Å²) < 4.78 is 0. The van der Waals surface area contributed by atoms with Crippen LogP contribution in [0.2, 0.25) is 0 Å². The maximum absolute atomic E-state index is 12.1. The lowest BCUT2D eigenvalue weighted by Crippen LogP contribution is -2.40. The fourth-order valence-corrected chi connectivity index (χ4v) is 5.09. The number of fused-ring (bicyclic) bond motifs is 2. The van der Waals surface area contributed by atoms with Gasteiger partial charge in [-0.05, 0) is 61.9 Å². The second kappa shape index (κ2) is 6.49. The molecule has 0 spiro atoms. The van der Waals surface area contributed by atoms with Gasteiger partial charge in [0.25, 0.3) is 0 Å². The molecule has 0 aliphatic carbocycles. The molecular weight excluding hydrogens is 256 g/mol. The van der Waals surface area contributed by atoms with Gasteiger partial charge in [-0.25, -0.2) is 0 Å². The van der Waals surface area contributed by atoms with E-state index in [9.17, 15) is 4.79 Å². The van der Waals surface area contributed by atoms with E-state index in [1.165, 1.54) is 50.0 Å². The molecule has 3 rings (SSSR count). The molecule has 0 aromatic carbocycles. The molecule has 2 N–H and O–H groups in total. The maximum Gasteiger partial charge on any atom is 0.220 e. The molecule has 2 bridgehead atoms. The molecule has 2 atom stereocenters. The first kappa shape index (κ1) is 13.7. The molecule has 3 aliphatic heterocycles. The Morgan fingerprint density at radius 3 is 2.42 bits per heavy atom. The van der Waals surface area contributed by atoms with E-state index in [-0.39, 0.29) is 0 Å². The van der Waals surface area contributed by atoms with Gasteiger partial charge < -0.3 is 10.6 Å². The molecule has 0 aromatic rings. The molecular formula is C15H26N2OS. The van der Waals surface area contributed by atoms with Crippen LogP contribution in [0.5, 0.6) is 0 Å². The molecule has 3 saturated heterocycles. The lowest BCUT2D eigenvalue weighted by Gasteiger charge is -2.29. The Morgan fingerprint density at radius 1 is 1.05 bits per heavy atom. The van der Waals surface area contributed by atoms with Crippen LogP contribution >= 0.6 is 11.8 Å². The Morgan fingerprint density at radius 2 is 1.74 bits per heavy atom. The topological polar surface area (TPSA) is 41.1 Å². The van der Waals surface area contributed by atoms with Gasteiger partial charge >= 0.3 is 0 Å². The number of nitrogens with one attached hydrogen (secondary N) is 2. The van der Waals surface area contributed by atoms with Gasteiger partial charge in [0.05, 0.1) is 0 Å². The number of piperidine rings is 1. The summed E-state index contributed by atoms with van der Waals surface area (Å²) >= 11 is 2.05. The Hall–Kier alpha value is -0.220. The number of hydrogen-bond donors (Lipinski definition) is 2. The molecule has 3 heterocycles. The predicted molar refractivity (Wildman–Crippen MR) is 80.3 cm³/mol. The second-order valence-corrected chi connectivity index (χ2v) is 7.76. The van der Waals surface area contributed by atoms with E-state index >= 15 is 0 Å². The first-order valence-electron chi connectivity index (χ1n) is 7.90. The van der Waals surface area contributed by atoms with Gasteiger partial charge in [-0.1, -0.05) is 0 Å². The SMILES string of the molecule is O=C(CC1CC2CCC(C1)N2)NCC1CCSCC1. The molecule has 0 aromatic heterocycles. The molecule has 3 fully saturated rings. The number of thioether (sulfide) groups is 1. The summed E-state index contributed by atoms with van der Waals surface area (Å²) in [5.74, 6) is 4.20. The Kier molecular flexibility index (Phi) is 4.69. The lowest BCUT2D eigenvalue weighted by molar-refractivity contribution is -0.122. The average molecular weight is 282 g/mol. The smallest absolute Gasteiger partial charge is 0.220 e. The molecule has 3 nitrogen and oxygen atoms in total. The predicted octanol–water partition coefficient (Wildman–Crippen LogP) is 2.17. The van der Waals surface area contributed by atoms with Crippen LogP contribution in [0, 0.1) is 11.8 Å². The van der Waals surface area contributed by atoms with Crippen molar-refractivity contribution in [2.45, 2.75) is 57.0 Å². The van der Waals surface area contributed by atoms with Crippen molar-refractivity contribution in [2.24, 2.45) is 11.8 Å². The minimum atomic E-state index is 0.296. The average Bonchev–Trinajstić information content (AvgIpc) is 2.77. The Balaban J connectivity index is 1.36. The molecule has 19 heavy (non-hydrogen) atoms. The van der Waals surface area contributed by atoms with E-state index in [1.54, 1.807) is 0 Å². The molecule has 108 valence electrons. The third-order valence-corrected chi connectivity index (χ3v) is 6.02. The quantitative estimate of drug-likeness (QED) is 0.830. The highest BCUT2D eigenvalue weighted by Crippen LogP contribution is 2.32.